The molecule has 0 aliphatic rings. The van der Waals surface area contributed by atoms with Gasteiger partial charge in [-0.3, -0.25) is 0 Å². The lowest BCUT2D eigenvalue weighted by Gasteiger charge is -2.09. The van der Waals surface area contributed by atoms with Gasteiger partial charge in [0.05, 0.1) is 0 Å². The molecule has 16 heavy (non-hydrogen) atoms. The number of hydrogen-bond acceptors (Lipinski definition) is 1. The van der Waals surface area contributed by atoms with Crippen molar-refractivity contribution in [2.45, 2.75) is 11.2 Å². The zero-order valence-electron chi connectivity index (χ0n) is 8.29. The van der Waals surface area contributed by atoms with Gasteiger partial charge in [0.1, 0.15) is 5.82 Å². The highest BCUT2D eigenvalue weighted by atomic mass is 79.9. The van der Waals surface area contributed by atoms with Gasteiger partial charge in [-0.2, -0.15) is 0 Å². The van der Waals surface area contributed by atoms with Crippen molar-refractivity contribution in [1.82, 2.24) is 0 Å². The second kappa shape index (κ2) is 5.43. The Morgan fingerprint density at radius 3 is 2.75 bits per heavy atom. The first kappa shape index (κ1) is 12.3. The van der Waals surface area contributed by atoms with E-state index >= 15 is 0 Å². The van der Waals surface area contributed by atoms with Crippen LogP contribution in [0.15, 0.2) is 40.2 Å². The molecule has 0 bridgehead atoms. The molecular formula is C12H9Br2FS. The molecule has 0 fully saturated rings. The van der Waals surface area contributed by atoms with Crippen molar-refractivity contribution in [2.24, 2.45) is 0 Å². The van der Waals surface area contributed by atoms with Crippen molar-refractivity contribution >= 4 is 43.2 Å². The lowest BCUT2D eigenvalue weighted by Crippen LogP contribution is -1.94. The van der Waals surface area contributed by atoms with Crippen LogP contribution in [0.1, 0.15) is 15.3 Å². The van der Waals surface area contributed by atoms with Gasteiger partial charge in [-0.1, -0.05) is 37.9 Å². The van der Waals surface area contributed by atoms with Crippen molar-refractivity contribution in [3.8, 4) is 0 Å². The first-order valence-electron chi connectivity index (χ1n) is 4.77. The van der Waals surface area contributed by atoms with E-state index in [1.54, 1.807) is 17.4 Å². The van der Waals surface area contributed by atoms with E-state index < -0.39 is 0 Å². The standard InChI is InChI=1S/C12H9Br2FS/c13-9-4-8(5-10(15)6-9)12(14)7-11-2-1-3-16-11/h1-6,12H,7H2. The number of hydrogen-bond donors (Lipinski definition) is 0. The Kier molecular flexibility index (Phi) is 4.16. The molecule has 0 aliphatic heterocycles. The lowest BCUT2D eigenvalue weighted by molar-refractivity contribution is 0.624. The molecule has 0 nitrogen and oxygen atoms in total. The van der Waals surface area contributed by atoms with Crippen LogP contribution in [0.25, 0.3) is 0 Å². The number of benzene rings is 1. The van der Waals surface area contributed by atoms with Crippen LogP contribution < -0.4 is 0 Å². The molecule has 2 rings (SSSR count). The van der Waals surface area contributed by atoms with E-state index in [4.69, 9.17) is 0 Å². The average molecular weight is 364 g/mol. The summed E-state index contributed by atoms with van der Waals surface area (Å²) in [5.74, 6) is -0.208. The predicted molar refractivity (Wildman–Crippen MR) is 73.8 cm³/mol. The minimum atomic E-state index is -0.208. The summed E-state index contributed by atoms with van der Waals surface area (Å²) in [6.45, 7) is 0. The van der Waals surface area contributed by atoms with Crippen molar-refractivity contribution in [3.05, 3.63) is 56.4 Å². The van der Waals surface area contributed by atoms with Crippen LogP contribution in [0.2, 0.25) is 0 Å². The van der Waals surface area contributed by atoms with Gasteiger partial charge in [-0.05, 0) is 41.6 Å². The second-order valence-electron chi connectivity index (χ2n) is 3.45. The van der Waals surface area contributed by atoms with E-state index in [2.05, 4.69) is 43.3 Å². The van der Waals surface area contributed by atoms with Crippen LogP contribution in [0, 0.1) is 5.82 Å². The molecule has 0 aliphatic carbocycles. The summed E-state index contributed by atoms with van der Waals surface area (Å²) in [7, 11) is 0. The maximum Gasteiger partial charge on any atom is 0.124 e. The molecule has 0 amide bonds. The summed E-state index contributed by atoms with van der Waals surface area (Å²) >= 11 is 8.61. The van der Waals surface area contributed by atoms with E-state index in [0.29, 0.717) is 0 Å². The van der Waals surface area contributed by atoms with Gasteiger partial charge in [-0.25, -0.2) is 4.39 Å². The van der Waals surface area contributed by atoms with E-state index in [-0.39, 0.29) is 10.6 Å². The van der Waals surface area contributed by atoms with Crippen LogP contribution >= 0.6 is 43.2 Å². The molecule has 1 aromatic heterocycles. The summed E-state index contributed by atoms with van der Waals surface area (Å²) in [5, 5.41) is 2.05. The fourth-order valence-electron chi connectivity index (χ4n) is 1.48. The highest BCUT2D eigenvalue weighted by molar-refractivity contribution is 9.10. The number of rotatable bonds is 3. The summed E-state index contributed by atoms with van der Waals surface area (Å²) in [6.07, 6.45) is 0.882. The lowest BCUT2D eigenvalue weighted by atomic mass is 10.1. The molecule has 0 radical (unpaired) electrons. The Morgan fingerprint density at radius 2 is 2.12 bits per heavy atom. The topological polar surface area (TPSA) is 0 Å². The van der Waals surface area contributed by atoms with E-state index in [0.717, 1.165) is 16.5 Å². The molecule has 2 aromatic rings. The van der Waals surface area contributed by atoms with Crippen LogP contribution in [0.3, 0.4) is 0 Å². The molecule has 1 aromatic carbocycles. The van der Waals surface area contributed by atoms with Crippen molar-refractivity contribution in [1.29, 1.82) is 0 Å². The molecule has 1 unspecified atom stereocenters. The Labute approximate surface area is 115 Å². The quantitative estimate of drug-likeness (QED) is 0.646. The Bertz CT molecular complexity index is 448. The van der Waals surface area contributed by atoms with Crippen molar-refractivity contribution in [2.75, 3.05) is 0 Å². The summed E-state index contributed by atoms with van der Waals surface area (Å²) in [6, 6.07) is 9.09. The maximum atomic E-state index is 13.2. The first-order valence-corrected chi connectivity index (χ1v) is 7.36. The Hall–Kier alpha value is -0.190. The monoisotopic (exact) mass is 362 g/mol. The van der Waals surface area contributed by atoms with Gasteiger partial charge in [0.2, 0.25) is 0 Å². The smallest absolute Gasteiger partial charge is 0.124 e. The highest BCUT2D eigenvalue weighted by Crippen LogP contribution is 2.30. The summed E-state index contributed by atoms with van der Waals surface area (Å²) in [5.41, 5.74) is 0.959. The zero-order chi connectivity index (χ0) is 11.5. The molecule has 84 valence electrons. The largest absolute Gasteiger partial charge is 0.207 e. The van der Waals surface area contributed by atoms with Gasteiger partial charge < -0.3 is 0 Å². The minimum absolute atomic E-state index is 0.151. The van der Waals surface area contributed by atoms with Gasteiger partial charge in [0.15, 0.2) is 0 Å². The van der Waals surface area contributed by atoms with Crippen molar-refractivity contribution in [3.63, 3.8) is 0 Å². The van der Waals surface area contributed by atoms with E-state index in [9.17, 15) is 4.39 Å². The van der Waals surface area contributed by atoms with Gasteiger partial charge in [0.25, 0.3) is 0 Å². The fourth-order valence-corrected chi connectivity index (χ4v) is 3.54. The molecular weight excluding hydrogens is 355 g/mol. The Morgan fingerprint density at radius 1 is 1.31 bits per heavy atom. The minimum Gasteiger partial charge on any atom is -0.207 e. The van der Waals surface area contributed by atoms with Crippen LogP contribution in [0.5, 0.6) is 0 Å². The maximum absolute atomic E-state index is 13.2. The van der Waals surface area contributed by atoms with Gasteiger partial charge in [-0.15, -0.1) is 11.3 Å². The van der Waals surface area contributed by atoms with Crippen LogP contribution in [-0.2, 0) is 6.42 Å². The van der Waals surface area contributed by atoms with E-state index in [1.165, 1.54) is 10.9 Å². The number of halogens is 3. The van der Waals surface area contributed by atoms with Gasteiger partial charge >= 0.3 is 0 Å². The molecule has 1 atom stereocenters. The second-order valence-corrected chi connectivity index (χ2v) is 6.51. The zero-order valence-corrected chi connectivity index (χ0v) is 12.3. The summed E-state index contributed by atoms with van der Waals surface area (Å²) in [4.78, 5) is 1.44. The SMILES string of the molecule is Fc1cc(Br)cc(C(Br)Cc2cccs2)c1. The van der Waals surface area contributed by atoms with Gasteiger partial charge in [0, 0.05) is 14.2 Å². The molecule has 1 heterocycles. The molecule has 0 saturated carbocycles. The number of alkyl halides is 1. The number of thiophene rings is 1. The first-order chi connectivity index (χ1) is 7.65. The third kappa shape index (κ3) is 3.15. The van der Waals surface area contributed by atoms with Crippen LogP contribution in [-0.4, -0.2) is 0 Å². The normalized spacial score (nSPS) is 12.7. The van der Waals surface area contributed by atoms with Crippen molar-refractivity contribution < 1.29 is 4.39 Å². The molecule has 0 saturated heterocycles. The molecule has 0 N–H and O–H groups in total. The van der Waals surface area contributed by atoms with E-state index in [1.807, 2.05) is 12.1 Å². The molecule has 0 spiro atoms. The Balaban J connectivity index is 2.17. The third-order valence-electron chi connectivity index (χ3n) is 2.21. The van der Waals surface area contributed by atoms with Crippen LogP contribution in [0.4, 0.5) is 4.39 Å². The summed E-state index contributed by atoms with van der Waals surface area (Å²) < 4.78 is 14.0. The third-order valence-corrected chi connectivity index (χ3v) is 4.42. The fraction of sp³-hybridized carbons (Fsp3) is 0.167. The average Bonchev–Trinajstić information content (AvgIpc) is 2.68. The highest BCUT2D eigenvalue weighted by Gasteiger charge is 2.11. The predicted octanol–water partition coefficient (Wildman–Crippen LogP) is 5.33. The molecule has 4 heteroatoms.